The number of ether oxygens (including phenoxy) is 1. The van der Waals surface area contributed by atoms with Gasteiger partial charge in [0.15, 0.2) is 0 Å². The van der Waals surface area contributed by atoms with Crippen LogP contribution in [-0.2, 0) is 19.2 Å². The second-order valence-corrected chi connectivity index (χ2v) is 6.59. The first-order chi connectivity index (χ1) is 12.5. The summed E-state index contributed by atoms with van der Waals surface area (Å²) in [6.07, 6.45) is 3.31. The van der Waals surface area contributed by atoms with Gasteiger partial charge in [-0.15, -0.1) is 0 Å². The second kappa shape index (κ2) is 7.74. The van der Waals surface area contributed by atoms with Gasteiger partial charge in [0.25, 0.3) is 5.91 Å². The SMILES string of the molecule is CCCCCC1OC(=O)C(C(=O)NOC)=C1c1cc2ccc(C)cc2[nH]1. The standard InChI is InChI=1S/C20H24N2O4/c1-4-5-6-7-16-17(18(20(24)26-16)19(23)22-25-3)15-11-13-9-8-12(2)10-14(13)21-15/h8-11,16,21H,4-7H2,1-3H3,(H,22,23). The van der Waals surface area contributed by atoms with Gasteiger partial charge in [0.2, 0.25) is 0 Å². The lowest BCUT2D eigenvalue weighted by atomic mass is 9.97. The fourth-order valence-electron chi connectivity index (χ4n) is 3.35. The molecule has 1 aromatic carbocycles. The summed E-state index contributed by atoms with van der Waals surface area (Å²) in [5.41, 5.74) is 5.69. The Labute approximate surface area is 152 Å². The highest BCUT2D eigenvalue weighted by Crippen LogP contribution is 2.35. The van der Waals surface area contributed by atoms with Gasteiger partial charge in [0.1, 0.15) is 11.7 Å². The Morgan fingerprint density at radius 1 is 1.31 bits per heavy atom. The number of hydrogen-bond acceptors (Lipinski definition) is 4. The summed E-state index contributed by atoms with van der Waals surface area (Å²) < 4.78 is 5.53. The van der Waals surface area contributed by atoms with Crippen molar-refractivity contribution in [3.63, 3.8) is 0 Å². The van der Waals surface area contributed by atoms with Crippen LogP contribution in [0.5, 0.6) is 0 Å². The van der Waals surface area contributed by atoms with Crippen LogP contribution in [-0.4, -0.2) is 30.1 Å². The average Bonchev–Trinajstić information content (AvgIpc) is 3.15. The third kappa shape index (κ3) is 3.51. The van der Waals surface area contributed by atoms with Crippen molar-refractivity contribution in [2.24, 2.45) is 0 Å². The molecule has 2 aromatic rings. The van der Waals surface area contributed by atoms with Crippen molar-refractivity contribution in [2.45, 2.75) is 45.6 Å². The van der Waals surface area contributed by atoms with Gasteiger partial charge in [-0.1, -0.05) is 31.9 Å². The molecule has 138 valence electrons. The first kappa shape index (κ1) is 18.2. The van der Waals surface area contributed by atoms with Gasteiger partial charge in [-0.3, -0.25) is 9.63 Å². The van der Waals surface area contributed by atoms with Crippen LogP contribution in [0.4, 0.5) is 0 Å². The van der Waals surface area contributed by atoms with E-state index in [4.69, 9.17) is 9.57 Å². The molecule has 0 fully saturated rings. The van der Waals surface area contributed by atoms with Crippen molar-refractivity contribution in [2.75, 3.05) is 7.11 Å². The highest BCUT2D eigenvalue weighted by Gasteiger charge is 2.39. The number of hydroxylamine groups is 1. The van der Waals surface area contributed by atoms with E-state index in [0.29, 0.717) is 12.0 Å². The van der Waals surface area contributed by atoms with Gasteiger partial charge in [0, 0.05) is 22.2 Å². The summed E-state index contributed by atoms with van der Waals surface area (Å²) >= 11 is 0. The Bertz CT molecular complexity index is 866. The molecule has 3 rings (SSSR count). The number of rotatable bonds is 7. The molecule has 1 aliphatic heterocycles. The number of fused-ring (bicyclic) bond motifs is 1. The van der Waals surface area contributed by atoms with Crippen molar-refractivity contribution in [3.8, 4) is 0 Å². The van der Waals surface area contributed by atoms with E-state index in [2.05, 4.69) is 17.4 Å². The molecule has 0 aliphatic carbocycles. The molecule has 0 saturated carbocycles. The smallest absolute Gasteiger partial charge is 0.344 e. The maximum Gasteiger partial charge on any atom is 0.344 e. The zero-order valence-corrected chi connectivity index (χ0v) is 15.3. The number of nitrogens with one attached hydrogen (secondary N) is 2. The summed E-state index contributed by atoms with van der Waals surface area (Å²) in [4.78, 5) is 32.8. The number of unbranched alkanes of at least 4 members (excludes halogenated alkanes) is 2. The van der Waals surface area contributed by atoms with Crippen molar-refractivity contribution >= 4 is 28.4 Å². The first-order valence-electron chi connectivity index (χ1n) is 8.93. The fraction of sp³-hybridized carbons (Fsp3) is 0.400. The predicted octanol–water partition coefficient (Wildman–Crippen LogP) is 3.41. The molecule has 2 N–H and O–H groups in total. The van der Waals surface area contributed by atoms with Crippen LogP contribution >= 0.6 is 0 Å². The minimum atomic E-state index is -0.606. The first-order valence-corrected chi connectivity index (χ1v) is 8.93. The molecule has 6 heteroatoms. The van der Waals surface area contributed by atoms with Gasteiger partial charge in [-0.05, 0) is 37.5 Å². The molecule has 1 atom stereocenters. The Hall–Kier alpha value is -2.60. The molecule has 1 unspecified atom stereocenters. The Morgan fingerprint density at radius 3 is 2.85 bits per heavy atom. The monoisotopic (exact) mass is 356 g/mol. The van der Waals surface area contributed by atoms with E-state index in [1.54, 1.807) is 0 Å². The molecule has 1 amide bonds. The Morgan fingerprint density at radius 2 is 2.12 bits per heavy atom. The van der Waals surface area contributed by atoms with Gasteiger partial charge in [-0.25, -0.2) is 10.3 Å². The number of carbonyl (C=O) groups excluding carboxylic acids is 2. The number of amides is 1. The third-order valence-corrected chi connectivity index (χ3v) is 4.60. The molecule has 0 bridgehead atoms. The lowest BCUT2D eigenvalue weighted by Gasteiger charge is -2.13. The van der Waals surface area contributed by atoms with Gasteiger partial charge in [0.05, 0.1) is 7.11 Å². The number of carbonyl (C=O) groups is 2. The zero-order chi connectivity index (χ0) is 18.7. The maximum absolute atomic E-state index is 12.4. The number of hydrogen-bond donors (Lipinski definition) is 2. The molecule has 1 aromatic heterocycles. The number of H-pyrrole nitrogens is 1. The molecule has 1 aliphatic rings. The zero-order valence-electron chi connectivity index (χ0n) is 15.3. The normalized spacial score (nSPS) is 17.0. The highest BCUT2D eigenvalue weighted by atomic mass is 16.6. The van der Waals surface area contributed by atoms with Crippen LogP contribution in [0.15, 0.2) is 29.8 Å². The summed E-state index contributed by atoms with van der Waals surface area (Å²) in [5.74, 6) is -1.19. The van der Waals surface area contributed by atoms with Crippen LogP contribution in [0.25, 0.3) is 16.5 Å². The lowest BCUT2D eigenvalue weighted by molar-refractivity contribution is -0.142. The molecular formula is C20H24N2O4. The average molecular weight is 356 g/mol. The van der Waals surface area contributed by atoms with Crippen molar-refractivity contribution in [3.05, 3.63) is 41.1 Å². The second-order valence-electron chi connectivity index (χ2n) is 6.59. The van der Waals surface area contributed by atoms with Gasteiger partial charge < -0.3 is 9.72 Å². The van der Waals surface area contributed by atoms with E-state index in [1.807, 2.05) is 31.2 Å². The molecule has 2 heterocycles. The minimum Gasteiger partial charge on any atom is -0.454 e. The van der Waals surface area contributed by atoms with E-state index in [-0.39, 0.29) is 5.57 Å². The van der Waals surface area contributed by atoms with Gasteiger partial charge >= 0.3 is 5.97 Å². The van der Waals surface area contributed by atoms with E-state index < -0.39 is 18.0 Å². The highest BCUT2D eigenvalue weighted by molar-refractivity contribution is 6.24. The summed E-state index contributed by atoms with van der Waals surface area (Å²) in [6, 6.07) is 8.04. The summed E-state index contributed by atoms with van der Waals surface area (Å²) in [7, 11) is 1.34. The minimum absolute atomic E-state index is 0.0108. The van der Waals surface area contributed by atoms with Crippen molar-refractivity contribution < 1.29 is 19.2 Å². The number of aryl methyl sites for hydroxylation is 1. The van der Waals surface area contributed by atoms with Crippen LogP contribution in [0, 0.1) is 6.92 Å². The number of benzene rings is 1. The molecule has 0 saturated heterocycles. The predicted molar refractivity (Wildman–Crippen MR) is 99.1 cm³/mol. The number of aromatic amines is 1. The van der Waals surface area contributed by atoms with Crippen LogP contribution in [0.3, 0.4) is 0 Å². The van der Waals surface area contributed by atoms with E-state index in [0.717, 1.165) is 41.4 Å². The molecule has 6 nitrogen and oxygen atoms in total. The quantitative estimate of drug-likeness (QED) is 0.345. The summed E-state index contributed by atoms with van der Waals surface area (Å²) in [5, 5.41) is 1.02. The third-order valence-electron chi connectivity index (χ3n) is 4.60. The fourth-order valence-corrected chi connectivity index (χ4v) is 3.35. The Kier molecular flexibility index (Phi) is 5.42. The van der Waals surface area contributed by atoms with E-state index in [9.17, 15) is 9.59 Å². The van der Waals surface area contributed by atoms with E-state index in [1.165, 1.54) is 7.11 Å². The van der Waals surface area contributed by atoms with E-state index >= 15 is 0 Å². The molecule has 26 heavy (non-hydrogen) atoms. The molecule has 0 radical (unpaired) electrons. The number of cyclic esters (lactones) is 1. The molecular weight excluding hydrogens is 332 g/mol. The van der Waals surface area contributed by atoms with Crippen molar-refractivity contribution in [1.29, 1.82) is 0 Å². The largest absolute Gasteiger partial charge is 0.454 e. The molecule has 0 spiro atoms. The number of esters is 1. The topological polar surface area (TPSA) is 80.4 Å². The maximum atomic E-state index is 12.4. The van der Waals surface area contributed by atoms with Crippen LogP contribution < -0.4 is 5.48 Å². The number of aromatic nitrogens is 1. The Balaban J connectivity index is 2.06. The lowest BCUT2D eigenvalue weighted by Crippen LogP contribution is -2.26. The summed E-state index contributed by atoms with van der Waals surface area (Å²) in [6.45, 7) is 4.14. The van der Waals surface area contributed by atoms with Crippen molar-refractivity contribution in [1.82, 2.24) is 10.5 Å². The van der Waals surface area contributed by atoms with Crippen LogP contribution in [0.2, 0.25) is 0 Å². The van der Waals surface area contributed by atoms with Crippen LogP contribution in [0.1, 0.15) is 43.9 Å². The van der Waals surface area contributed by atoms with Gasteiger partial charge in [-0.2, -0.15) is 0 Å².